The van der Waals surface area contributed by atoms with Crippen LogP contribution in [0.15, 0.2) is 18.2 Å². The average Bonchev–Trinajstić information content (AvgIpc) is 2.79. The average molecular weight is 389 g/mol. The van der Waals surface area contributed by atoms with Crippen molar-refractivity contribution in [2.75, 3.05) is 11.9 Å². The highest BCUT2D eigenvalue weighted by molar-refractivity contribution is 6.06. The molecule has 1 aromatic carbocycles. The number of nitrogens with zero attached hydrogens (tertiary/aromatic N) is 1. The van der Waals surface area contributed by atoms with Crippen LogP contribution in [-0.2, 0) is 19.1 Å². The van der Waals surface area contributed by atoms with Crippen molar-refractivity contribution in [2.24, 2.45) is 0 Å². The minimum Gasteiger partial charge on any atom is -0.453 e. The maximum atomic E-state index is 12.3. The Hall–Kier alpha value is -2.90. The molecule has 1 saturated heterocycles. The summed E-state index contributed by atoms with van der Waals surface area (Å²) < 4.78 is 5.17. The molecular formula is C20H27N3O5. The summed E-state index contributed by atoms with van der Waals surface area (Å²) in [6, 6.07) is 5.20. The van der Waals surface area contributed by atoms with Gasteiger partial charge in [-0.05, 0) is 52.2 Å². The first-order valence-electron chi connectivity index (χ1n) is 9.23. The highest BCUT2D eigenvalue weighted by Crippen LogP contribution is 2.20. The minimum atomic E-state index is -0.956. The number of nitrogens with one attached hydrogen (secondary N) is 2. The summed E-state index contributed by atoms with van der Waals surface area (Å²) in [6.07, 6.45) is -0.695. The quantitative estimate of drug-likeness (QED) is 0.550. The third-order valence-electron chi connectivity index (χ3n) is 4.61. The summed E-state index contributed by atoms with van der Waals surface area (Å²) >= 11 is 0. The molecule has 0 saturated carbocycles. The lowest BCUT2D eigenvalue weighted by Crippen LogP contribution is -2.40. The number of para-hydroxylation sites is 1. The molecule has 0 unspecified atom stereocenters. The normalized spacial score (nSPS) is 16.5. The fourth-order valence-electron chi connectivity index (χ4n) is 2.95. The standard InChI is InChI=1S/C20H27N3O5/c1-12-8-6-9-13(2)16(12)21-17(25)14(3)28-15(24)10-7-11-23-18(26)20(4,5)22-19(23)27/h6,8-9,14H,7,10-11H2,1-5H3,(H,21,25)(H,22,27)/t14-/m1/s1. The minimum absolute atomic E-state index is 0.00149. The van der Waals surface area contributed by atoms with Gasteiger partial charge in [0.15, 0.2) is 6.10 Å². The van der Waals surface area contributed by atoms with E-state index >= 15 is 0 Å². The summed E-state index contributed by atoms with van der Waals surface area (Å²) in [4.78, 5) is 49.3. The summed E-state index contributed by atoms with van der Waals surface area (Å²) in [5.41, 5.74) is 1.61. The van der Waals surface area contributed by atoms with Crippen molar-refractivity contribution in [2.45, 2.75) is 59.1 Å². The Morgan fingerprint density at radius 2 is 1.82 bits per heavy atom. The Balaban J connectivity index is 1.80. The van der Waals surface area contributed by atoms with E-state index in [1.54, 1.807) is 13.8 Å². The molecule has 0 aliphatic carbocycles. The number of esters is 1. The van der Waals surface area contributed by atoms with Crippen molar-refractivity contribution in [3.8, 4) is 0 Å². The molecule has 1 atom stereocenters. The third-order valence-corrected chi connectivity index (χ3v) is 4.61. The van der Waals surface area contributed by atoms with Gasteiger partial charge in [-0.15, -0.1) is 0 Å². The summed E-state index contributed by atoms with van der Waals surface area (Å²) in [5, 5.41) is 5.36. The van der Waals surface area contributed by atoms with Crippen molar-refractivity contribution in [1.82, 2.24) is 10.2 Å². The van der Waals surface area contributed by atoms with Crippen molar-refractivity contribution < 1.29 is 23.9 Å². The second kappa shape index (κ2) is 8.41. The van der Waals surface area contributed by atoms with E-state index in [0.29, 0.717) is 5.69 Å². The van der Waals surface area contributed by atoms with Crippen LogP contribution >= 0.6 is 0 Å². The van der Waals surface area contributed by atoms with E-state index in [1.165, 1.54) is 6.92 Å². The maximum Gasteiger partial charge on any atom is 0.325 e. The van der Waals surface area contributed by atoms with Crippen LogP contribution in [0.5, 0.6) is 0 Å². The van der Waals surface area contributed by atoms with Crippen molar-refractivity contribution in [1.29, 1.82) is 0 Å². The number of anilines is 1. The maximum absolute atomic E-state index is 12.3. The number of carbonyl (C=O) groups excluding carboxylic acids is 4. The Labute approximate surface area is 164 Å². The Bertz CT molecular complexity index is 783. The second-order valence-electron chi connectivity index (χ2n) is 7.50. The number of aryl methyl sites for hydroxylation is 2. The Morgan fingerprint density at radius 1 is 1.21 bits per heavy atom. The van der Waals surface area contributed by atoms with E-state index in [0.717, 1.165) is 16.0 Å². The zero-order chi connectivity index (χ0) is 21.1. The third kappa shape index (κ3) is 4.88. The number of carbonyl (C=O) groups is 4. The second-order valence-corrected chi connectivity index (χ2v) is 7.50. The van der Waals surface area contributed by atoms with Gasteiger partial charge < -0.3 is 15.4 Å². The van der Waals surface area contributed by atoms with Gasteiger partial charge in [0.2, 0.25) is 0 Å². The van der Waals surface area contributed by atoms with E-state index in [4.69, 9.17) is 4.74 Å². The molecule has 4 amide bonds. The molecule has 152 valence electrons. The van der Waals surface area contributed by atoms with Gasteiger partial charge in [0.25, 0.3) is 11.8 Å². The van der Waals surface area contributed by atoms with Gasteiger partial charge in [-0.2, -0.15) is 0 Å². The van der Waals surface area contributed by atoms with Crippen LogP contribution in [0.2, 0.25) is 0 Å². The van der Waals surface area contributed by atoms with E-state index < -0.39 is 29.6 Å². The summed E-state index contributed by atoms with van der Waals surface area (Å²) in [6.45, 7) is 8.63. The van der Waals surface area contributed by atoms with E-state index in [2.05, 4.69) is 10.6 Å². The van der Waals surface area contributed by atoms with Gasteiger partial charge in [-0.1, -0.05) is 18.2 Å². The number of imide groups is 1. The van der Waals surface area contributed by atoms with Gasteiger partial charge in [0.1, 0.15) is 5.54 Å². The smallest absolute Gasteiger partial charge is 0.325 e. The molecule has 28 heavy (non-hydrogen) atoms. The molecule has 0 spiro atoms. The molecule has 8 nitrogen and oxygen atoms in total. The van der Waals surface area contributed by atoms with Crippen molar-refractivity contribution in [3.05, 3.63) is 29.3 Å². The molecular weight excluding hydrogens is 362 g/mol. The van der Waals surface area contributed by atoms with Crippen molar-refractivity contribution in [3.63, 3.8) is 0 Å². The van der Waals surface area contributed by atoms with Gasteiger partial charge in [-0.25, -0.2) is 4.79 Å². The summed E-state index contributed by atoms with van der Waals surface area (Å²) in [5.74, 6) is -1.30. The number of hydrogen-bond donors (Lipinski definition) is 2. The molecule has 1 aromatic rings. The SMILES string of the molecule is Cc1cccc(C)c1NC(=O)[C@@H](C)OC(=O)CCCN1C(=O)NC(C)(C)C1=O. The number of amides is 4. The molecule has 2 N–H and O–H groups in total. The fourth-order valence-corrected chi connectivity index (χ4v) is 2.95. The summed E-state index contributed by atoms with van der Waals surface area (Å²) in [7, 11) is 0. The zero-order valence-electron chi connectivity index (χ0n) is 16.9. The largest absolute Gasteiger partial charge is 0.453 e. The lowest BCUT2D eigenvalue weighted by atomic mass is 10.1. The zero-order valence-corrected chi connectivity index (χ0v) is 16.9. The van der Waals surface area contributed by atoms with Gasteiger partial charge in [0, 0.05) is 18.7 Å². The lowest BCUT2D eigenvalue weighted by Gasteiger charge is -2.17. The molecule has 1 fully saturated rings. The first kappa shape index (κ1) is 21.4. The number of rotatable bonds is 7. The molecule has 1 heterocycles. The number of benzene rings is 1. The van der Waals surface area contributed by atoms with E-state index in [-0.39, 0.29) is 25.3 Å². The first-order chi connectivity index (χ1) is 13.0. The number of ether oxygens (including phenoxy) is 1. The van der Waals surface area contributed by atoms with Crippen LogP contribution in [0, 0.1) is 13.8 Å². The van der Waals surface area contributed by atoms with Gasteiger partial charge in [-0.3, -0.25) is 19.3 Å². The highest BCUT2D eigenvalue weighted by Gasteiger charge is 2.43. The fraction of sp³-hybridized carbons (Fsp3) is 0.500. The topological polar surface area (TPSA) is 105 Å². The van der Waals surface area contributed by atoms with Crippen LogP contribution in [-0.4, -0.2) is 46.9 Å². The molecule has 1 aliphatic heterocycles. The number of hydrogen-bond acceptors (Lipinski definition) is 5. The Kier molecular flexibility index (Phi) is 6.43. The van der Waals surface area contributed by atoms with E-state index in [1.807, 2.05) is 32.0 Å². The monoisotopic (exact) mass is 389 g/mol. The Morgan fingerprint density at radius 3 is 2.36 bits per heavy atom. The molecule has 1 aliphatic rings. The van der Waals surface area contributed by atoms with Crippen LogP contribution in [0.25, 0.3) is 0 Å². The van der Waals surface area contributed by atoms with Crippen LogP contribution < -0.4 is 10.6 Å². The molecule has 8 heteroatoms. The van der Waals surface area contributed by atoms with Crippen molar-refractivity contribution >= 4 is 29.5 Å². The predicted octanol–water partition coefficient (Wildman–Crippen LogP) is 2.28. The number of urea groups is 1. The highest BCUT2D eigenvalue weighted by atomic mass is 16.5. The molecule has 0 aromatic heterocycles. The molecule has 0 radical (unpaired) electrons. The van der Waals surface area contributed by atoms with Crippen LogP contribution in [0.4, 0.5) is 10.5 Å². The van der Waals surface area contributed by atoms with Crippen LogP contribution in [0.1, 0.15) is 44.7 Å². The molecule has 0 bridgehead atoms. The molecule has 2 rings (SSSR count). The van der Waals surface area contributed by atoms with Gasteiger partial charge in [0.05, 0.1) is 0 Å². The van der Waals surface area contributed by atoms with E-state index in [9.17, 15) is 19.2 Å². The predicted molar refractivity (Wildman–Crippen MR) is 104 cm³/mol. The lowest BCUT2D eigenvalue weighted by molar-refractivity contribution is -0.153. The first-order valence-corrected chi connectivity index (χ1v) is 9.23. The van der Waals surface area contributed by atoms with Crippen LogP contribution in [0.3, 0.4) is 0 Å². The van der Waals surface area contributed by atoms with Gasteiger partial charge >= 0.3 is 12.0 Å².